The Kier molecular flexibility index (Phi) is 6.64. The summed E-state index contributed by atoms with van der Waals surface area (Å²) in [5.41, 5.74) is 1.99. The van der Waals surface area contributed by atoms with Crippen molar-refractivity contribution in [3.63, 3.8) is 0 Å². The minimum Gasteiger partial charge on any atom is -0.463 e. The van der Waals surface area contributed by atoms with Crippen molar-refractivity contribution in [3.8, 4) is 0 Å². The Hall–Kier alpha value is -3.16. The molecular weight excluding hydrogens is 370 g/mol. The normalized spacial score (nSPS) is 15.8. The van der Waals surface area contributed by atoms with E-state index in [4.69, 9.17) is 4.74 Å². The van der Waals surface area contributed by atoms with Crippen LogP contribution in [0.2, 0.25) is 0 Å². The van der Waals surface area contributed by atoms with Crippen LogP contribution in [0.25, 0.3) is 0 Å². The zero-order valence-corrected chi connectivity index (χ0v) is 17.1. The number of hydrogen-bond donors (Lipinski definition) is 1. The SMILES string of the molecule is CCCCNC(=O)CN1C(C)=C(C(=O)OCC)C(c2ccccc2)n2ncnc21. The summed E-state index contributed by atoms with van der Waals surface area (Å²) in [5.74, 6) is -0.0276. The van der Waals surface area contributed by atoms with Crippen LogP contribution in [0, 0.1) is 0 Å². The summed E-state index contributed by atoms with van der Waals surface area (Å²) in [4.78, 5) is 31.5. The summed E-state index contributed by atoms with van der Waals surface area (Å²) in [6.45, 7) is 6.60. The van der Waals surface area contributed by atoms with Crippen molar-refractivity contribution in [1.82, 2.24) is 20.1 Å². The Labute approximate surface area is 170 Å². The Morgan fingerprint density at radius 1 is 1.21 bits per heavy atom. The summed E-state index contributed by atoms with van der Waals surface area (Å²) in [6.07, 6.45) is 3.36. The number of anilines is 1. The van der Waals surface area contributed by atoms with Gasteiger partial charge in [-0.05, 0) is 25.8 Å². The Bertz CT molecular complexity index is 891. The topological polar surface area (TPSA) is 89.4 Å². The minimum atomic E-state index is -0.466. The third kappa shape index (κ3) is 4.31. The van der Waals surface area contributed by atoms with E-state index < -0.39 is 12.0 Å². The molecule has 0 spiro atoms. The number of carbonyl (C=O) groups excluding carboxylic acids is 2. The lowest BCUT2D eigenvalue weighted by molar-refractivity contribution is -0.139. The molecule has 8 nitrogen and oxygen atoms in total. The largest absolute Gasteiger partial charge is 0.463 e. The zero-order chi connectivity index (χ0) is 20.8. The summed E-state index contributed by atoms with van der Waals surface area (Å²) < 4.78 is 7.02. The second-order valence-corrected chi connectivity index (χ2v) is 6.83. The fourth-order valence-electron chi connectivity index (χ4n) is 3.44. The number of ether oxygens (including phenoxy) is 1. The van der Waals surface area contributed by atoms with Crippen molar-refractivity contribution in [3.05, 3.63) is 53.5 Å². The van der Waals surface area contributed by atoms with Gasteiger partial charge in [0.1, 0.15) is 18.9 Å². The lowest BCUT2D eigenvalue weighted by atomic mass is 9.95. The number of esters is 1. The standard InChI is InChI=1S/C21H27N5O3/c1-4-6-12-22-17(27)13-25-15(3)18(20(28)29-5-2)19(16-10-8-7-9-11-16)26-21(25)23-14-24-26/h7-11,14,19H,4-6,12-13H2,1-3H3,(H,22,27). The Balaban J connectivity index is 2.01. The van der Waals surface area contributed by atoms with Crippen LogP contribution in [-0.2, 0) is 14.3 Å². The van der Waals surface area contributed by atoms with E-state index in [1.807, 2.05) is 37.3 Å². The fraction of sp³-hybridized carbons (Fsp3) is 0.429. The van der Waals surface area contributed by atoms with Crippen LogP contribution in [0.15, 0.2) is 47.9 Å². The molecule has 2 aromatic rings. The molecule has 1 unspecified atom stereocenters. The summed E-state index contributed by atoms with van der Waals surface area (Å²) in [6, 6.07) is 9.16. The number of rotatable bonds is 8. The highest BCUT2D eigenvalue weighted by Crippen LogP contribution is 2.38. The molecule has 1 N–H and O–H groups in total. The molecule has 1 atom stereocenters. The number of amides is 1. The van der Waals surface area contributed by atoms with Crippen LogP contribution in [-0.4, -0.2) is 46.3 Å². The molecule has 0 bridgehead atoms. The molecule has 0 saturated carbocycles. The molecule has 0 saturated heterocycles. The van der Waals surface area contributed by atoms with E-state index in [-0.39, 0.29) is 19.1 Å². The molecule has 1 aliphatic rings. The van der Waals surface area contributed by atoms with Gasteiger partial charge in [-0.15, -0.1) is 0 Å². The van der Waals surface area contributed by atoms with Crippen molar-refractivity contribution in [2.45, 2.75) is 39.7 Å². The van der Waals surface area contributed by atoms with Crippen LogP contribution >= 0.6 is 0 Å². The smallest absolute Gasteiger partial charge is 0.338 e. The molecule has 3 rings (SSSR count). The minimum absolute atomic E-state index is 0.0542. The third-order valence-electron chi connectivity index (χ3n) is 4.87. The van der Waals surface area contributed by atoms with Gasteiger partial charge in [0.05, 0.1) is 12.2 Å². The monoisotopic (exact) mass is 397 g/mol. The number of aromatic nitrogens is 3. The first-order valence-corrected chi connectivity index (χ1v) is 9.95. The van der Waals surface area contributed by atoms with Crippen LogP contribution in [0.3, 0.4) is 0 Å². The van der Waals surface area contributed by atoms with E-state index >= 15 is 0 Å². The fourth-order valence-corrected chi connectivity index (χ4v) is 3.44. The second-order valence-electron chi connectivity index (χ2n) is 6.83. The molecule has 1 aromatic heterocycles. The van der Waals surface area contributed by atoms with Crippen molar-refractivity contribution in [2.24, 2.45) is 0 Å². The first-order chi connectivity index (χ1) is 14.1. The van der Waals surface area contributed by atoms with E-state index in [1.54, 1.807) is 16.5 Å². The van der Waals surface area contributed by atoms with Crippen molar-refractivity contribution in [1.29, 1.82) is 0 Å². The molecule has 1 aliphatic heterocycles. The van der Waals surface area contributed by atoms with Gasteiger partial charge in [0.15, 0.2) is 0 Å². The van der Waals surface area contributed by atoms with E-state index in [0.29, 0.717) is 23.8 Å². The number of allylic oxidation sites excluding steroid dienone is 1. The highest BCUT2D eigenvalue weighted by atomic mass is 16.5. The quantitative estimate of drug-likeness (QED) is 0.544. The molecule has 0 fully saturated rings. The number of fused-ring (bicyclic) bond motifs is 1. The van der Waals surface area contributed by atoms with Crippen molar-refractivity contribution >= 4 is 17.8 Å². The molecular formula is C21H27N5O3. The number of nitrogens with zero attached hydrogens (tertiary/aromatic N) is 4. The van der Waals surface area contributed by atoms with Crippen molar-refractivity contribution < 1.29 is 14.3 Å². The molecule has 29 heavy (non-hydrogen) atoms. The van der Waals surface area contributed by atoms with E-state index in [2.05, 4.69) is 22.3 Å². The molecule has 0 radical (unpaired) electrons. The van der Waals surface area contributed by atoms with Gasteiger partial charge >= 0.3 is 5.97 Å². The number of benzene rings is 1. The molecule has 0 aliphatic carbocycles. The molecule has 1 aromatic carbocycles. The van der Waals surface area contributed by atoms with Gasteiger partial charge in [-0.3, -0.25) is 4.79 Å². The second kappa shape index (κ2) is 9.36. The lowest BCUT2D eigenvalue weighted by Crippen LogP contribution is -2.42. The number of hydrogen-bond acceptors (Lipinski definition) is 6. The molecule has 8 heteroatoms. The van der Waals surface area contributed by atoms with Gasteiger partial charge in [-0.2, -0.15) is 10.1 Å². The number of nitrogens with one attached hydrogen (secondary N) is 1. The van der Waals surface area contributed by atoms with Gasteiger partial charge in [-0.25, -0.2) is 9.48 Å². The lowest BCUT2D eigenvalue weighted by Gasteiger charge is -2.35. The Morgan fingerprint density at radius 3 is 2.66 bits per heavy atom. The van der Waals surface area contributed by atoms with E-state index in [1.165, 1.54) is 6.33 Å². The van der Waals surface area contributed by atoms with E-state index in [0.717, 1.165) is 18.4 Å². The van der Waals surface area contributed by atoms with Crippen molar-refractivity contribution in [2.75, 3.05) is 24.6 Å². The Morgan fingerprint density at radius 2 is 1.97 bits per heavy atom. The predicted octanol–water partition coefficient (Wildman–Crippen LogP) is 2.44. The van der Waals surface area contributed by atoms with Gasteiger partial charge in [0, 0.05) is 12.2 Å². The van der Waals surface area contributed by atoms with Gasteiger partial charge < -0.3 is 15.0 Å². The summed E-state index contributed by atoms with van der Waals surface area (Å²) in [5, 5.41) is 7.27. The van der Waals surface area contributed by atoms with Gasteiger partial charge in [0.2, 0.25) is 11.9 Å². The van der Waals surface area contributed by atoms with E-state index in [9.17, 15) is 9.59 Å². The highest BCUT2D eigenvalue weighted by molar-refractivity contribution is 5.93. The number of unbranched alkanes of at least 4 members (excludes halogenated alkanes) is 1. The maximum Gasteiger partial charge on any atom is 0.338 e. The van der Waals surface area contributed by atoms with Crippen LogP contribution in [0.5, 0.6) is 0 Å². The van der Waals surface area contributed by atoms with Gasteiger partial charge in [0.25, 0.3) is 0 Å². The third-order valence-corrected chi connectivity index (χ3v) is 4.87. The average Bonchev–Trinajstić information content (AvgIpc) is 3.20. The summed E-state index contributed by atoms with van der Waals surface area (Å²) in [7, 11) is 0. The molecule has 154 valence electrons. The van der Waals surface area contributed by atoms with Crippen LogP contribution < -0.4 is 10.2 Å². The first kappa shape index (κ1) is 20.6. The predicted molar refractivity (Wildman–Crippen MR) is 109 cm³/mol. The number of carbonyl (C=O) groups is 2. The molecule has 1 amide bonds. The summed E-state index contributed by atoms with van der Waals surface area (Å²) >= 11 is 0. The average molecular weight is 397 g/mol. The van der Waals surface area contributed by atoms with Crippen LogP contribution in [0.4, 0.5) is 5.95 Å². The maximum absolute atomic E-state index is 12.9. The zero-order valence-electron chi connectivity index (χ0n) is 17.1. The van der Waals surface area contributed by atoms with Gasteiger partial charge in [-0.1, -0.05) is 43.7 Å². The maximum atomic E-state index is 12.9. The molecule has 2 heterocycles. The van der Waals surface area contributed by atoms with Crippen LogP contribution in [0.1, 0.15) is 45.2 Å². The first-order valence-electron chi connectivity index (χ1n) is 9.95. The highest BCUT2D eigenvalue weighted by Gasteiger charge is 2.38.